The van der Waals surface area contributed by atoms with Crippen LogP contribution in [0.15, 0.2) is 23.1 Å². The number of rotatable bonds is 10. The predicted octanol–water partition coefficient (Wildman–Crippen LogP) is 2.12. The van der Waals surface area contributed by atoms with Crippen molar-refractivity contribution < 1.29 is 22.6 Å². The lowest BCUT2D eigenvalue weighted by atomic mass is 9.92. The van der Waals surface area contributed by atoms with E-state index >= 15 is 0 Å². The Kier molecular flexibility index (Phi) is 8.34. The first-order valence-electron chi connectivity index (χ1n) is 9.50. The van der Waals surface area contributed by atoms with Crippen molar-refractivity contribution in [2.45, 2.75) is 37.6 Å². The van der Waals surface area contributed by atoms with Crippen LogP contribution >= 0.6 is 0 Å². The summed E-state index contributed by atoms with van der Waals surface area (Å²) in [5.41, 5.74) is 0. The topological polar surface area (TPSA) is 77.1 Å². The molecule has 154 valence electrons. The van der Waals surface area contributed by atoms with Gasteiger partial charge in [0.25, 0.3) is 0 Å². The van der Waals surface area contributed by atoms with Gasteiger partial charge in [0.15, 0.2) is 0 Å². The van der Waals surface area contributed by atoms with Gasteiger partial charge in [0, 0.05) is 31.7 Å². The molecule has 0 saturated carbocycles. The van der Waals surface area contributed by atoms with E-state index < -0.39 is 10.0 Å². The average Bonchev–Trinajstić information content (AvgIpc) is 2.71. The lowest BCUT2D eigenvalue weighted by Gasteiger charge is -2.38. The molecule has 1 saturated heterocycles. The zero-order valence-corrected chi connectivity index (χ0v) is 17.5. The van der Waals surface area contributed by atoms with Crippen molar-refractivity contribution in [2.75, 3.05) is 47.1 Å². The van der Waals surface area contributed by atoms with Gasteiger partial charge < -0.3 is 14.2 Å². The maximum Gasteiger partial charge on any atom is 0.244 e. The molecule has 1 N–H and O–H groups in total. The molecular weight excluding hydrogens is 368 g/mol. The molecule has 0 radical (unpaired) electrons. The second kappa shape index (κ2) is 10.3. The highest BCUT2D eigenvalue weighted by molar-refractivity contribution is 7.89. The largest absolute Gasteiger partial charge is 0.497 e. The van der Waals surface area contributed by atoms with Crippen LogP contribution < -0.4 is 14.2 Å². The molecule has 8 heteroatoms. The molecule has 0 aromatic heterocycles. The number of nitrogens with one attached hydrogen (secondary N) is 1. The van der Waals surface area contributed by atoms with Crippen LogP contribution in [0.25, 0.3) is 0 Å². The third-order valence-corrected chi connectivity index (χ3v) is 6.70. The van der Waals surface area contributed by atoms with Gasteiger partial charge >= 0.3 is 0 Å². The third kappa shape index (κ3) is 5.57. The summed E-state index contributed by atoms with van der Waals surface area (Å²) in [7, 11) is -0.765. The summed E-state index contributed by atoms with van der Waals surface area (Å²) in [5, 5.41) is 0. The molecule has 1 atom stereocenters. The van der Waals surface area contributed by atoms with Crippen molar-refractivity contribution in [1.82, 2.24) is 9.62 Å². The van der Waals surface area contributed by atoms with Gasteiger partial charge in [-0.2, -0.15) is 0 Å². The molecule has 7 nitrogen and oxygen atoms in total. The predicted molar refractivity (Wildman–Crippen MR) is 105 cm³/mol. The van der Waals surface area contributed by atoms with Gasteiger partial charge in [0.1, 0.15) is 16.4 Å². The monoisotopic (exact) mass is 400 g/mol. The first-order valence-corrected chi connectivity index (χ1v) is 11.0. The lowest BCUT2D eigenvalue weighted by Crippen LogP contribution is -2.52. The fourth-order valence-corrected chi connectivity index (χ4v) is 4.84. The van der Waals surface area contributed by atoms with Crippen molar-refractivity contribution in [2.24, 2.45) is 5.92 Å². The number of ether oxygens (including phenoxy) is 3. The summed E-state index contributed by atoms with van der Waals surface area (Å²) < 4.78 is 44.6. The van der Waals surface area contributed by atoms with Crippen LogP contribution in [-0.4, -0.2) is 66.4 Å². The molecule has 0 bridgehead atoms. The van der Waals surface area contributed by atoms with E-state index in [1.54, 1.807) is 12.1 Å². The molecule has 0 amide bonds. The fourth-order valence-electron chi connectivity index (χ4n) is 3.60. The van der Waals surface area contributed by atoms with Crippen LogP contribution in [-0.2, 0) is 14.8 Å². The van der Waals surface area contributed by atoms with E-state index in [-0.39, 0.29) is 10.9 Å². The maximum atomic E-state index is 13.0. The first kappa shape index (κ1) is 21.9. The molecule has 2 rings (SSSR count). The van der Waals surface area contributed by atoms with Crippen molar-refractivity contribution >= 4 is 10.0 Å². The Balaban J connectivity index is 2.21. The van der Waals surface area contributed by atoms with E-state index in [1.165, 1.54) is 20.3 Å². The minimum absolute atomic E-state index is 0.0922. The van der Waals surface area contributed by atoms with Crippen molar-refractivity contribution in [3.05, 3.63) is 18.2 Å². The second-order valence-electron chi connectivity index (χ2n) is 6.66. The van der Waals surface area contributed by atoms with Gasteiger partial charge in [0.05, 0.1) is 27.4 Å². The molecule has 0 aliphatic carbocycles. The second-order valence-corrected chi connectivity index (χ2v) is 8.40. The number of hydrogen-bond donors (Lipinski definition) is 1. The summed E-state index contributed by atoms with van der Waals surface area (Å²) in [5.74, 6) is 1.19. The van der Waals surface area contributed by atoms with E-state index in [1.807, 2.05) is 0 Å². The molecular formula is C19H32N2O5S. The third-order valence-electron chi connectivity index (χ3n) is 5.25. The number of methoxy groups -OCH3 is 2. The van der Waals surface area contributed by atoms with Crippen LogP contribution in [0.2, 0.25) is 0 Å². The van der Waals surface area contributed by atoms with E-state index in [9.17, 15) is 8.42 Å². The molecule has 0 spiro atoms. The molecule has 1 aliphatic rings. The molecule has 1 aliphatic heterocycles. The summed E-state index contributed by atoms with van der Waals surface area (Å²) >= 11 is 0. The van der Waals surface area contributed by atoms with E-state index in [0.717, 1.165) is 25.9 Å². The Labute approximate surface area is 163 Å². The van der Waals surface area contributed by atoms with Crippen LogP contribution in [0, 0.1) is 5.92 Å². The van der Waals surface area contributed by atoms with E-state index in [0.29, 0.717) is 37.2 Å². The number of nitrogens with zero attached hydrogens (tertiary/aromatic N) is 1. The lowest BCUT2D eigenvalue weighted by molar-refractivity contribution is 0.00297. The number of benzene rings is 1. The van der Waals surface area contributed by atoms with Crippen LogP contribution in [0.1, 0.15) is 26.7 Å². The summed E-state index contributed by atoms with van der Waals surface area (Å²) in [6, 6.07) is 4.91. The van der Waals surface area contributed by atoms with Crippen molar-refractivity contribution in [3.63, 3.8) is 0 Å². The molecule has 1 heterocycles. The van der Waals surface area contributed by atoms with Gasteiger partial charge in [0.2, 0.25) is 10.0 Å². The molecule has 1 aromatic carbocycles. The van der Waals surface area contributed by atoms with Gasteiger partial charge in [-0.1, -0.05) is 26.7 Å². The van der Waals surface area contributed by atoms with Crippen LogP contribution in [0.5, 0.6) is 11.5 Å². The Morgan fingerprint density at radius 2 is 1.81 bits per heavy atom. The molecule has 1 fully saturated rings. The number of sulfonamides is 1. The SMILES string of the molecule is CCC(CC)C(CNS(=O)(=O)c1cc(OC)ccc1OC)N1CCOCC1. The van der Waals surface area contributed by atoms with Crippen LogP contribution in [0.3, 0.4) is 0 Å². The summed E-state index contributed by atoms with van der Waals surface area (Å²) in [6.07, 6.45) is 2.01. The first-order chi connectivity index (χ1) is 13.0. The van der Waals surface area contributed by atoms with Gasteiger partial charge in [-0.15, -0.1) is 0 Å². The molecule has 27 heavy (non-hydrogen) atoms. The minimum Gasteiger partial charge on any atom is -0.497 e. The van der Waals surface area contributed by atoms with Crippen LogP contribution in [0.4, 0.5) is 0 Å². The minimum atomic E-state index is -3.73. The average molecular weight is 401 g/mol. The van der Waals surface area contributed by atoms with E-state index in [2.05, 4.69) is 23.5 Å². The van der Waals surface area contributed by atoms with E-state index in [4.69, 9.17) is 14.2 Å². The Morgan fingerprint density at radius 3 is 2.37 bits per heavy atom. The Hall–Kier alpha value is -1.35. The summed E-state index contributed by atoms with van der Waals surface area (Å²) in [4.78, 5) is 2.43. The maximum absolute atomic E-state index is 13.0. The normalized spacial score (nSPS) is 17.1. The van der Waals surface area contributed by atoms with Crippen molar-refractivity contribution in [3.8, 4) is 11.5 Å². The zero-order valence-electron chi connectivity index (χ0n) is 16.7. The fraction of sp³-hybridized carbons (Fsp3) is 0.684. The highest BCUT2D eigenvalue weighted by Gasteiger charge is 2.29. The quantitative estimate of drug-likeness (QED) is 0.648. The zero-order chi connectivity index (χ0) is 19.9. The number of hydrogen-bond acceptors (Lipinski definition) is 6. The van der Waals surface area contributed by atoms with Gasteiger partial charge in [-0.3, -0.25) is 4.90 Å². The number of morpholine rings is 1. The Bertz CT molecular complexity index is 685. The molecule has 1 unspecified atom stereocenters. The van der Waals surface area contributed by atoms with Crippen molar-refractivity contribution in [1.29, 1.82) is 0 Å². The standard InChI is InChI=1S/C19H32N2O5S/c1-5-15(6-2)17(21-9-11-26-12-10-21)14-20-27(22,23)19-13-16(24-3)7-8-18(19)25-4/h7-8,13,15,17,20H,5-6,9-12,14H2,1-4H3. The smallest absolute Gasteiger partial charge is 0.244 e. The van der Waals surface area contributed by atoms with Gasteiger partial charge in [-0.25, -0.2) is 13.1 Å². The highest BCUT2D eigenvalue weighted by atomic mass is 32.2. The highest BCUT2D eigenvalue weighted by Crippen LogP contribution is 2.28. The van der Waals surface area contributed by atoms with Gasteiger partial charge in [-0.05, 0) is 18.1 Å². The Morgan fingerprint density at radius 1 is 1.15 bits per heavy atom. The molecule has 1 aromatic rings. The summed E-state index contributed by atoms with van der Waals surface area (Å²) in [6.45, 7) is 7.69.